The summed E-state index contributed by atoms with van der Waals surface area (Å²) in [6, 6.07) is 18.5. The van der Waals surface area contributed by atoms with E-state index in [1.807, 2.05) is 30.3 Å². The van der Waals surface area contributed by atoms with Crippen molar-refractivity contribution in [3.63, 3.8) is 0 Å². The molecule has 1 N–H and O–H groups in total. The molecule has 0 heterocycles. The quantitative estimate of drug-likeness (QED) is 0.631. The number of carbonyl (C=O) groups is 1. The average Bonchev–Trinajstić information content (AvgIpc) is 2.65. The molecule has 2 aromatic rings. The number of hydrogen-bond donors (Lipinski definition) is 1. The molecular weight excluding hydrogens is 340 g/mol. The first kappa shape index (κ1) is 20.5. The summed E-state index contributed by atoms with van der Waals surface area (Å²) in [5.74, 6) is 0.00170. The van der Waals surface area contributed by atoms with Crippen molar-refractivity contribution in [2.45, 2.75) is 43.9 Å². The van der Waals surface area contributed by atoms with Crippen molar-refractivity contribution < 1.29 is 4.79 Å². The summed E-state index contributed by atoms with van der Waals surface area (Å²) in [6.45, 7) is 11.1. The van der Waals surface area contributed by atoms with Gasteiger partial charge >= 0.3 is 0 Å². The molecule has 1 unspecified atom stereocenters. The molecular formula is C22H30N2OS. The molecule has 0 aliphatic heterocycles. The first-order chi connectivity index (χ1) is 12.6. The molecule has 0 bridgehead atoms. The second-order valence-electron chi connectivity index (χ2n) is 6.52. The zero-order valence-electron chi connectivity index (χ0n) is 16.2. The summed E-state index contributed by atoms with van der Waals surface area (Å²) in [5, 5.41) is 3.61. The Morgan fingerprint density at radius 1 is 1.00 bits per heavy atom. The van der Waals surface area contributed by atoms with Gasteiger partial charge in [-0.05, 0) is 30.8 Å². The number of nitrogens with zero attached hydrogens (tertiary/aromatic N) is 1. The summed E-state index contributed by atoms with van der Waals surface area (Å²) in [6.07, 6.45) is 0. The van der Waals surface area contributed by atoms with Crippen LogP contribution in [0.25, 0.3) is 0 Å². The van der Waals surface area contributed by atoms with Gasteiger partial charge in [0.2, 0.25) is 0 Å². The molecule has 0 spiro atoms. The SMILES string of the molecule is CCN(CC)C(CNC(=O)c1ccccc1SC(C)C)c1ccccc1. The summed E-state index contributed by atoms with van der Waals surface area (Å²) < 4.78 is 0. The van der Waals surface area contributed by atoms with Crippen molar-refractivity contribution in [1.82, 2.24) is 10.2 Å². The monoisotopic (exact) mass is 370 g/mol. The standard InChI is InChI=1S/C22H30N2OS/c1-5-24(6-2)20(18-12-8-7-9-13-18)16-23-22(25)19-14-10-11-15-21(19)26-17(3)4/h7-15,17,20H,5-6,16H2,1-4H3,(H,23,25). The van der Waals surface area contributed by atoms with Crippen molar-refractivity contribution in [3.8, 4) is 0 Å². The maximum absolute atomic E-state index is 12.8. The van der Waals surface area contributed by atoms with E-state index in [0.717, 1.165) is 23.5 Å². The lowest BCUT2D eigenvalue weighted by Crippen LogP contribution is -2.38. The highest BCUT2D eigenvalue weighted by molar-refractivity contribution is 8.00. The Morgan fingerprint density at radius 3 is 2.23 bits per heavy atom. The third-order valence-electron chi connectivity index (χ3n) is 4.39. The number of thioether (sulfide) groups is 1. The van der Waals surface area contributed by atoms with Crippen LogP contribution in [0.15, 0.2) is 59.5 Å². The highest BCUT2D eigenvalue weighted by Gasteiger charge is 2.20. The lowest BCUT2D eigenvalue weighted by atomic mass is 10.0. The molecule has 1 amide bonds. The lowest BCUT2D eigenvalue weighted by Gasteiger charge is -2.30. The van der Waals surface area contributed by atoms with E-state index in [1.54, 1.807) is 11.8 Å². The van der Waals surface area contributed by atoms with Gasteiger partial charge in [0.15, 0.2) is 0 Å². The molecule has 2 aromatic carbocycles. The van der Waals surface area contributed by atoms with Crippen LogP contribution in [-0.2, 0) is 0 Å². The van der Waals surface area contributed by atoms with E-state index >= 15 is 0 Å². The molecule has 0 aromatic heterocycles. The minimum atomic E-state index is 0.00170. The van der Waals surface area contributed by atoms with Crippen molar-refractivity contribution in [3.05, 3.63) is 65.7 Å². The molecule has 3 nitrogen and oxygen atoms in total. The Morgan fingerprint density at radius 2 is 1.62 bits per heavy atom. The second-order valence-corrected chi connectivity index (χ2v) is 8.14. The van der Waals surface area contributed by atoms with E-state index in [2.05, 4.69) is 62.2 Å². The van der Waals surface area contributed by atoms with Gasteiger partial charge in [-0.2, -0.15) is 0 Å². The zero-order chi connectivity index (χ0) is 18.9. The summed E-state index contributed by atoms with van der Waals surface area (Å²) in [7, 11) is 0. The van der Waals surface area contributed by atoms with Gasteiger partial charge in [0.05, 0.1) is 11.6 Å². The zero-order valence-corrected chi connectivity index (χ0v) is 17.1. The maximum Gasteiger partial charge on any atom is 0.252 e. The summed E-state index contributed by atoms with van der Waals surface area (Å²) >= 11 is 1.73. The number of rotatable bonds is 9. The third-order valence-corrected chi connectivity index (χ3v) is 5.47. The number of carbonyl (C=O) groups excluding carboxylic acids is 1. The van der Waals surface area contributed by atoms with Crippen molar-refractivity contribution in [2.75, 3.05) is 19.6 Å². The molecule has 0 radical (unpaired) electrons. The number of hydrogen-bond acceptors (Lipinski definition) is 3. The van der Waals surface area contributed by atoms with E-state index in [4.69, 9.17) is 0 Å². The molecule has 2 rings (SSSR count). The molecule has 1 atom stereocenters. The van der Waals surface area contributed by atoms with E-state index in [0.29, 0.717) is 11.8 Å². The molecule has 0 aliphatic rings. The van der Waals surface area contributed by atoms with Crippen LogP contribution in [0.4, 0.5) is 0 Å². The number of benzene rings is 2. The average molecular weight is 371 g/mol. The van der Waals surface area contributed by atoms with Gasteiger partial charge in [-0.25, -0.2) is 0 Å². The largest absolute Gasteiger partial charge is 0.350 e. The van der Waals surface area contributed by atoms with Gasteiger partial charge in [-0.3, -0.25) is 9.69 Å². The van der Waals surface area contributed by atoms with Crippen LogP contribution >= 0.6 is 11.8 Å². The normalized spacial score (nSPS) is 12.4. The summed E-state index contributed by atoms with van der Waals surface area (Å²) in [4.78, 5) is 16.3. The van der Waals surface area contributed by atoms with E-state index in [9.17, 15) is 4.79 Å². The number of nitrogens with one attached hydrogen (secondary N) is 1. The molecule has 0 saturated heterocycles. The van der Waals surface area contributed by atoms with Crippen LogP contribution in [0, 0.1) is 0 Å². The van der Waals surface area contributed by atoms with Gasteiger partial charge in [0.1, 0.15) is 0 Å². The van der Waals surface area contributed by atoms with Gasteiger partial charge in [-0.1, -0.05) is 70.2 Å². The van der Waals surface area contributed by atoms with Crippen molar-refractivity contribution >= 4 is 17.7 Å². The first-order valence-corrected chi connectivity index (χ1v) is 10.3. The molecule has 0 saturated carbocycles. The Balaban J connectivity index is 2.15. The van der Waals surface area contributed by atoms with E-state index in [-0.39, 0.29) is 11.9 Å². The summed E-state index contributed by atoms with van der Waals surface area (Å²) in [5.41, 5.74) is 2.00. The minimum absolute atomic E-state index is 0.00170. The van der Waals surface area contributed by atoms with Crippen LogP contribution < -0.4 is 5.32 Å². The minimum Gasteiger partial charge on any atom is -0.350 e. The molecule has 140 valence electrons. The Bertz CT molecular complexity index is 684. The predicted octanol–water partition coefficient (Wildman–Crippen LogP) is 5.00. The molecule has 0 aliphatic carbocycles. The van der Waals surface area contributed by atoms with Crippen molar-refractivity contribution in [1.29, 1.82) is 0 Å². The fourth-order valence-corrected chi connectivity index (χ4v) is 4.05. The highest BCUT2D eigenvalue weighted by Crippen LogP contribution is 2.27. The van der Waals surface area contributed by atoms with E-state index in [1.165, 1.54) is 5.56 Å². The Labute approximate surface area is 162 Å². The van der Waals surface area contributed by atoms with Gasteiger partial charge in [0, 0.05) is 16.7 Å². The van der Waals surface area contributed by atoms with Gasteiger partial charge < -0.3 is 5.32 Å². The number of likely N-dealkylation sites (N-methyl/N-ethyl adjacent to an activating group) is 1. The number of amides is 1. The first-order valence-electron chi connectivity index (χ1n) is 9.39. The topological polar surface area (TPSA) is 32.3 Å². The highest BCUT2D eigenvalue weighted by atomic mass is 32.2. The van der Waals surface area contributed by atoms with Crippen LogP contribution in [0.5, 0.6) is 0 Å². The van der Waals surface area contributed by atoms with Gasteiger partial charge in [-0.15, -0.1) is 11.8 Å². The van der Waals surface area contributed by atoms with Crippen LogP contribution in [0.3, 0.4) is 0 Å². The van der Waals surface area contributed by atoms with Crippen LogP contribution in [0.1, 0.15) is 49.7 Å². The van der Waals surface area contributed by atoms with Crippen LogP contribution in [0.2, 0.25) is 0 Å². The second kappa shape index (κ2) is 10.4. The maximum atomic E-state index is 12.8. The lowest BCUT2D eigenvalue weighted by molar-refractivity contribution is 0.0932. The third kappa shape index (κ3) is 5.61. The molecule has 26 heavy (non-hydrogen) atoms. The molecule has 4 heteroatoms. The predicted molar refractivity (Wildman–Crippen MR) is 112 cm³/mol. The smallest absolute Gasteiger partial charge is 0.252 e. The fraction of sp³-hybridized carbons (Fsp3) is 0.409. The molecule has 0 fully saturated rings. The van der Waals surface area contributed by atoms with Crippen molar-refractivity contribution in [2.24, 2.45) is 0 Å². The van der Waals surface area contributed by atoms with Gasteiger partial charge in [0.25, 0.3) is 5.91 Å². The fourth-order valence-electron chi connectivity index (χ4n) is 3.09. The Kier molecular flexibility index (Phi) is 8.20. The Hall–Kier alpha value is -1.78. The van der Waals surface area contributed by atoms with Crippen LogP contribution in [-0.4, -0.2) is 35.7 Å². The van der Waals surface area contributed by atoms with E-state index < -0.39 is 0 Å².